The molecule has 8 nitrogen and oxygen atoms in total. The molecule has 2 atom stereocenters. The van der Waals surface area contributed by atoms with Crippen molar-refractivity contribution in [3.8, 4) is 0 Å². The Labute approximate surface area is 121 Å². The van der Waals surface area contributed by atoms with Gasteiger partial charge in [0.05, 0.1) is 31.7 Å². The molecule has 1 aromatic heterocycles. The minimum Gasteiger partial charge on any atom is -0.476 e. The number of nitrogens with zero attached hydrogens (tertiary/aromatic N) is 2. The zero-order chi connectivity index (χ0) is 15.2. The maximum absolute atomic E-state index is 11.9. The molecule has 21 heavy (non-hydrogen) atoms. The van der Waals surface area contributed by atoms with Crippen LogP contribution in [0.3, 0.4) is 0 Å². The van der Waals surface area contributed by atoms with Crippen LogP contribution in [0.4, 0.5) is 0 Å². The van der Waals surface area contributed by atoms with E-state index in [0.29, 0.717) is 19.8 Å². The first-order chi connectivity index (χ1) is 10.1. The fourth-order valence-corrected chi connectivity index (χ4v) is 1.82. The van der Waals surface area contributed by atoms with Crippen molar-refractivity contribution in [1.82, 2.24) is 15.3 Å². The van der Waals surface area contributed by atoms with Crippen LogP contribution in [0, 0.1) is 0 Å². The second-order valence-corrected chi connectivity index (χ2v) is 4.79. The number of carboxylic acid groups (broad SMARTS) is 1. The van der Waals surface area contributed by atoms with E-state index in [1.165, 1.54) is 0 Å². The highest BCUT2D eigenvalue weighted by Gasteiger charge is 2.18. The number of carbonyl (C=O) groups excluding carboxylic acids is 1. The fourth-order valence-electron chi connectivity index (χ4n) is 1.82. The summed E-state index contributed by atoms with van der Waals surface area (Å²) < 4.78 is 10.8. The van der Waals surface area contributed by atoms with E-state index in [1.54, 1.807) is 0 Å². The van der Waals surface area contributed by atoms with E-state index in [-0.39, 0.29) is 23.5 Å². The average Bonchev–Trinajstić information content (AvgIpc) is 2.98. The molecule has 1 fully saturated rings. The van der Waals surface area contributed by atoms with Gasteiger partial charge in [-0.15, -0.1) is 0 Å². The third-order valence-electron chi connectivity index (χ3n) is 2.95. The summed E-state index contributed by atoms with van der Waals surface area (Å²) in [6.07, 6.45) is 3.13. The van der Waals surface area contributed by atoms with Gasteiger partial charge in [-0.2, -0.15) is 0 Å². The third-order valence-corrected chi connectivity index (χ3v) is 2.95. The third kappa shape index (κ3) is 4.47. The fraction of sp³-hybridized carbons (Fsp3) is 0.538. The Morgan fingerprint density at radius 1 is 1.48 bits per heavy atom. The van der Waals surface area contributed by atoms with Crippen molar-refractivity contribution < 1.29 is 24.2 Å². The first kappa shape index (κ1) is 15.3. The monoisotopic (exact) mass is 295 g/mol. The predicted octanol–water partition coefficient (Wildman–Crippen LogP) is 0.0986. The van der Waals surface area contributed by atoms with Gasteiger partial charge in [-0.25, -0.2) is 14.8 Å². The zero-order valence-electron chi connectivity index (χ0n) is 11.6. The highest BCUT2D eigenvalue weighted by atomic mass is 16.5. The minimum atomic E-state index is -1.19. The second kappa shape index (κ2) is 7.09. The van der Waals surface area contributed by atoms with Crippen LogP contribution in [0.5, 0.6) is 0 Å². The van der Waals surface area contributed by atoms with Gasteiger partial charge >= 0.3 is 5.97 Å². The summed E-state index contributed by atoms with van der Waals surface area (Å²) in [4.78, 5) is 30.0. The van der Waals surface area contributed by atoms with Crippen LogP contribution in [-0.2, 0) is 9.47 Å². The summed E-state index contributed by atoms with van der Waals surface area (Å²) in [7, 11) is 0. The van der Waals surface area contributed by atoms with Crippen LogP contribution in [0.25, 0.3) is 0 Å². The molecule has 2 rings (SSSR count). The number of aromatic nitrogens is 2. The Morgan fingerprint density at radius 2 is 2.19 bits per heavy atom. The van der Waals surface area contributed by atoms with Crippen molar-refractivity contribution in [3.05, 3.63) is 23.8 Å². The summed E-state index contributed by atoms with van der Waals surface area (Å²) in [5.41, 5.74) is -0.139. The van der Waals surface area contributed by atoms with Gasteiger partial charge in [-0.05, 0) is 13.3 Å². The van der Waals surface area contributed by atoms with E-state index in [2.05, 4.69) is 15.3 Å². The van der Waals surface area contributed by atoms with E-state index < -0.39 is 11.9 Å². The molecule has 2 N–H and O–H groups in total. The van der Waals surface area contributed by atoms with E-state index >= 15 is 0 Å². The lowest BCUT2D eigenvalue weighted by Crippen LogP contribution is -2.37. The molecule has 114 valence electrons. The van der Waals surface area contributed by atoms with Crippen LogP contribution in [0.2, 0.25) is 0 Å². The Morgan fingerprint density at radius 3 is 2.76 bits per heavy atom. The summed E-state index contributed by atoms with van der Waals surface area (Å²) in [6.45, 7) is 3.48. The molecular formula is C13H17N3O5. The van der Waals surface area contributed by atoms with Crippen molar-refractivity contribution in [2.24, 2.45) is 0 Å². The van der Waals surface area contributed by atoms with Gasteiger partial charge < -0.3 is 19.9 Å². The van der Waals surface area contributed by atoms with E-state index in [9.17, 15) is 9.59 Å². The maximum Gasteiger partial charge on any atom is 0.356 e. The standard InChI is InChI=1S/C13H17N3O5/c1-8(6-21-9-2-3-20-7-9)16-12(17)10-4-15-11(5-14-10)13(18)19/h4-5,8-9H,2-3,6-7H2,1H3,(H,16,17)(H,18,19). The molecular weight excluding hydrogens is 278 g/mol. The molecule has 8 heteroatoms. The van der Waals surface area contributed by atoms with Crippen molar-refractivity contribution in [1.29, 1.82) is 0 Å². The molecule has 1 amide bonds. The Hall–Kier alpha value is -2.06. The number of ether oxygens (including phenoxy) is 2. The number of hydrogen-bond acceptors (Lipinski definition) is 6. The van der Waals surface area contributed by atoms with Gasteiger partial charge in [0.2, 0.25) is 0 Å². The molecule has 0 saturated carbocycles. The first-order valence-corrected chi connectivity index (χ1v) is 6.62. The zero-order valence-corrected chi connectivity index (χ0v) is 11.6. The van der Waals surface area contributed by atoms with E-state index in [4.69, 9.17) is 14.6 Å². The number of carbonyl (C=O) groups is 2. The van der Waals surface area contributed by atoms with Crippen molar-refractivity contribution in [2.75, 3.05) is 19.8 Å². The largest absolute Gasteiger partial charge is 0.476 e. The van der Waals surface area contributed by atoms with Gasteiger partial charge in [0.15, 0.2) is 5.69 Å². The Bertz CT molecular complexity index is 499. The lowest BCUT2D eigenvalue weighted by Gasteiger charge is -2.16. The Kier molecular flexibility index (Phi) is 5.18. The Balaban J connectivity index is 1.80. The van der Waals surface area contributed by atoms with Crippen molar-refractivity contribution in [2.45, 2.75) is 25.5 Å². The normalized spacial score (nSPS) is 19.2. The van der Waals surface area contributed by atoms with E-state index in [1.807, 2.05) is 6.92 Å². The second-order valence-electron chi connectivity index (χ2n) is 4.79. The number of carboxylic acids is 1. The molecule has 1 aromatic rings. The molecule has 1 saturated heterocycles. The highest BCUT2D eigenvalue weighted by molar-refractivity contribution is 5.92. The van der Waals surface area contributed by atoms with Crippen LogP contribution >= 0.6 is 0 Å². The number of nitrogens with one attached hydrogen (secondary N) is 1. The van der Waals surface area contributed by atoms with Crippen LogP contribution in [0.15, 0.2) is 12.4 Å². The molecule has 0 spiro atoms. The lowest BCUT2D eigenvalue weighted by atomic mass is 10.3. The molecule has 2 heterocycles. The molecule has 0 aliphatic carbocycles. The number of hydrogen-bond donors (Lipinski definition) is 2. The quantitative estimate of drug-likeness (QED) is 0.765. The molecule has 1 aliphatic heterocycles. The van der Waals surface area contributed by atoms with E-state index in [0.717, 1.165) is 18.8 Å². The lowest BCUT2D eigenvalue weighted by molar-refractivity contribution is 0.0318. The molecule has 0 bridgehead atoms. The first-order valence-electron chi connectivity index (χ1n) is 6.62. The van der Waals surface area contributed by atoms with Gasteiger partial charge in [-0.3, -0.25) is 4.79 Å². The maximum atomic E-state index is 11.9. The summed E-state index contributed by atoms with van der Waals surface area (Å²) in [6, 6.07) is -0.195. The number of aromatic carboxylic acids is 1. The molecule has 0 radical (unpaired) electrons. The van der Waals surface area contributed by atoms with Crippen LogP contribution < -0.4 is 5.32 Å². The summed E-state index contributed by atoms with van der Waals surface area (Å²) >= 11 is 0. The van der Waals surface area contributed by atoms with Gasteiger partial charge in [0.1, 0.15) is 5.69 Å². The van der Waals surface area contributed by atoms with Crippen LogP contribution in [-0.4, -0.2) is 58.9 Å². The van der Waals surface area contributed by atoms with Gasteiger partial charge in [-0.1, -0.05) is 0 Å². The molecule has 1 aliphatic rings. The SMILES string of the molecule is CC(COC1CCOC1)NC(=O)c1cnc(C(=O)O)cn1. The van der Waals surface area contributed by atoms with Gasteiger partial charge in [0, 0.05) is 12.6 Å². The topological polar surface area (TPSA) is 111 Å². The number of rotatable bonds is 6. The summed E-state index contributed by atoms with van der Waals surface area (Å²) in [5.74, 6) is -1.60. The molecule has 0 aromatic carbocycles. The number of amides is 1. The smallest absolute Gasteiger partial charge is 0.356 e. The molecule has 2 unspecified atom stereocenters. The van der Waals surface area contributed by atoms with Crippen LogP contribution in [0.1, 0.15) is 34.3 Å². The predicted molar refractivity (Wildman–Crippen MR) is 71.1 cm³/mol. The van der Waals surface area contributed by atoms with Gasteiger partial charge in [0.25, 0.3) is 5.91 Å². The highest BCUT2D eigenvalue weighted by Crippen LogP contribution is 2.08. The van der Waals surface area contributed by atoms with Crippen molar-refractivity contribution in [3.63, 3.8) is 0 Å². The summed E-state index contributed by atoms with van der Waals surface area (Å²) in [5, 5.41) is 11.4. The minimum absolute atomic E-state index is 0.0658. The van der Waals surface area contributed by atoms with Crippen molar-refractivity contribution >= 4 is 11.9 Å². The average molecular weight is 295 g/mol.